The van der Waals surface area contributed by atoms with Crippen molar-refractivity contribution < 1.29 is 9.53 Å². The van der Waals surface area contributed by atoms with E-state index in [1.54, 1.807) is 7.11 Å². The zero-order chi connectivity index (χ0) is 9.68. The second-order valence-corrected chi connectivity index (χ2v) is 2.73. The lowest BCUT2D eigenvalue weighted by Crippen LogP contribution is -2.27. The third-order valence-electron chi connectivity index (χ3n) is 1.67. The number of carbonyl (C=O) groups excluding carboxylic acids is 1. The summed E-state index contributed by atoms with van der Waals surface area (Å²) in [6.45, 7) is 1.47. The molecule has 1 aromatic carbocycles. The van der Waals surface area contributed by atoms with Gasteiger partial charge in [0.05, 0.1) is 0 Å². The number of rotatable bonds is 3. The van der Waals surface area contributed by atoms with Gasteiger partial charge in [0.15, 0.2) is 6.23 Å². The fourth-order valence-electron chi connectivity index (χ4n) is 1.09. The first-order valence-corrected chi connectivity index (χ1v) is 4.09. The highest BCUT2D eigenvalue weighted by Gasteiger charge is 2.09. The van der Waals surface area contributed by atoms with Crippen molar-refractivity contribution in [2.45, 2.75) is 13.2 Å². The standard InChI is InChI=1S/C10H13NO2/c1-8(12)11-10(13-2)9-6-4-3-5-7-9/h3-7,10H,1-2H3,(H,11,12). The largest absolute Gasteiger partial charge is 0.357 e. The minimum atomic E-state index is -0.348. The molecule has 0 aliphatic rings. The van der Waals surface area contributed by atoms with Crippen molar-refractivity contribution in [1.29, 1.82) is 0 Å². The smallest absolute Gasteiger partial charge is 0.219 e. The monoisotopic (exact) mass is 179 g/mol. The van der Waals surface area contributed by atoms with Gasteiger partial charge in [-0.15, -0.1) is 0 Å². The molecule has 1 unspecified atom stereocenters. The minimum absolute atomic E-state index is 0.101. The Bertz CT molecular complexity index is 272. The van der Waals surface area contributed by atoms with Crippen LogP contribution in [0.15, 0.2) is 30.3 Å². The van der Waals surface area contributed by atoms with Crippen molar-refractivity contribution in [3.8, 4) is 0 Å². The van der Waals surface area contributed by atoms with E-state index in [9.17, 15) is 4.79 Å². The van der Waals surface area contributed by atoms with Crippen LogP contribution in [0.25, 0.3) is 0 Å². The van der Waals surface area contributed by atoms with E-state index in [4.69, 9.17) is 4.74 Å². The molecule has 1 aromatic rings. The number of hydrogen-bond donors (Lipinski definition) is 1. The van der Waals surface area contributed by atoms with Crippen LogP contribution in [0.1, 0.15) is 18.7 Å². The molecule has 0 spiro atoms. The molecule has 1 atom stereocenters. The Balaban J connectivity index is 2.73. The Labute approximate surface area is 77.7 Å². The van der Waals surface area contributed by atoms with Crippen LogP contribution >= 0.6 is 0 Å². The molecule has 0 fully saturated rings. The van der Waals surface area contributed by atoms with Crippen molar-refractivity contribution in [3.05, 3.63) is 35.9 Å². The van der Waals surface area contributed by atoms with Crippen molar-refractivity contribution >= 4 is 5.91 Å². The number of ether oxygens (including phenoxy) is 1. The number of benzene rings is 1. The Morgan fingerprint density at radius 1 is 1.38 bits per heavy atom. The molecule has 70 valence electrons. The molecule has 1 rings (SSSR count). The molecule has 0 heterocycles. The van der Waals surface area contributed by atoms with Gasteiger partial charge >= 0.3 is 0 Å². The molecule has 0 saturated heterocycles. The molecule has 0 bridgehead atoms. The van der Waals surface area contributed by atoms with Crippen molar-refractivity contribution in [3.63, 3.8) is 0 Å². The molecule has 3 heteroatoms. The zero-order valence-electron chi connectivity index (χ0n) is 7.78. The third kappa shape index (κ3) is 2.87. The van der Waals surface area contributed by atoms with E-state index in [1.807, 2.05) is 30.3 Å². The molecule has 3 nitrogen and oxygen atoms in total. The van der Waals surface area contributed by atoms with E-state index in [0.717, 1.165) is 5.56 Å². The van der Waals surface area contributed by atoms with Crippen LogP contribution in [0.5, 0.6) is 0 Å². The van der Waals surface area contributed by atoms with Crippen LogP contribution in [0.4, 0.5) is 0 Å². The Kier molecular flexibility index (Phi) is 3.46. The van der Waals surface area contributed by atoms with Crippen LogP contribution in [0.3, 0.4) is 0 Å². The minimum Gasteiger partial charge on any atom is -0.357 e. The van der Waals surface area contributed by atoms with Gasteiger partial charge in [0.2, 0.25) is 5.91 Å². The average Bonchev–Trinajstić information content (AvgIpc) is 2.15. The number of amides is 1. The first-order chi connectivity index (χ1) is 6.24. The van der Waals surface area contributed by atoms with Crippen LogP contribution in [-0.4, -0.2) is 13.0 Å². The number of carbonyl (C=O) groups is 1. The topological polar surface area (TPSA) is 38.3 Å². The van der Waals surface area contributed by atoms with Crippen LogP contribution < -0.4 is 5.32 Å². The fourth-order valence-corrected chi connectivity index (χ4v) is 1.09. The third-order valence-corrected chi connectivity index (χ3v) is 1.67. The Morgan fingerprint density at radius 3 is 2.46 bits per heavy atom. The maximum absolute atomic E-state index is 10.8. The Hall–Kier alpha value is -1.35. The van der Waals surface area contributed by atoms with E-state index < -0.39 is 0 Å². The highest BCUT2D eigenvalue weighted by Crippen LogP contribution is 2.12. The normalized spacial score (nSPS) is 12.2. The zero-order valence-corrected chi connectivity index (χ0v) is 7.78. The molecule has 0 saturated carbocycles. The lowest BCUT2D eigenvalue weighted by atomic mass is 10.2. The molecule has 1 amide bonds. The quantitative estimate of drug-likeness (QED) is 0.713. The van der Waals surface area contributed by atoms with Gasteiger partial charge in [0.1, 0.15) is 0 Å². The van der Waals surface area contributed by atoms with E-state index in [2.05, 4.69) is 5.32 Å². The summed E-state index contributed by atoms with van der Waals surface area (Å²) in [7, 11) is 1.56. The maximum atomic E-state index is 10.8. The first-order valence-electron chi connectivity index (χ1n) is 4.09. The van der Waals surface area contributed by atoms with E-state index in [0.29, 0.717) is 0 Å². The summed E-state index contributed by atoms with van der Waals surface area (Å²) in [4.78, 5) is 10.8. The summed E-state index contributed by atoms with van der Waals surface area (Å²) < 4.78 is 5.12. The fraction of sp³-hybridized carbons (Fsp3) is 0.300. The van der Waals surface area contributed by atoms with E-state index in [-0.39, 0.29) is 12.1 Å². The predicted octanol–water partition coefficient (Wildman–Crippen LogP) is 1.47. The molecule has 0 aromatic heterocycles. The summed E-state index contributed by atoms with van der Waals surface area (Å²) in [5.74, 6) is -0.101. The molecule has 0 aliphatic carbocycles. The van der Waals surface area contributed by atoms with Gasteiger partial charge in [-0.1, -0.05) is 30.3 Å². The van der Waals surface area contributed by atoms with Gasteiger partial charge in [-0.3, -0.25) is 4.79 Å². The first kappa shape index (κ1) is 9.74. The van der Waals surface area contributed by atoms with E-state index >= 15 is 0 Å². The van der Waals surface area contributed by atoms with Crippen LogP contribution in [-0.2, 0) is 9.53 Å². The second-order valence-electron chi connectivity index (χ2n) is 2.73. The molecule has 0 aliphatic heterocycles. The molecular formula is C10H13NO2. The van der Waals surface area contributed by atoms with Crippen LogP contribution in [0.2, 0.25) is 0 Å². The van der Waals surface area contributed by atoms with Crippen molar-refractivity contribution in [2.75, 3.05) is 7.11 Å². The predicted molar refractivity (Wildman–Crippen MR) is 50.0 cm³/mol. The van der Waals surface area contributed by atoms with Gasteiger partial charge in [0.25, 0.3) is 0 Å². The second kappa shape index (κ2) is 4.62. The average molecular weight is 179 g/mol. The van der Waals surface area contributed by atoms with Gasteiger partial charge in [-0.25, -0.2) is 0 Å². The van der Waals surface area contributed by atoms with Gasteiger partial charge in [-0.2, -0.15) is 0 Å². The summed E-state index contributed by atoms with van der Waals surface area (Å²) in [6.07, 6.45) is -0.348. The summed E-state index contributed by atoms with van der Waals surface area (Å²) in [5.41, 5.74) is 0.945. The van der Waals surface area contributed by atoms with Gasteiger partial charge < -0.3 is 10.1 Å². The lowest BCUT2D eigenvalue weighted by molar-refractivity contribution is -0.122. The number of hydrogen-bond acceptors (Lipinski definition) is 2. The van der Waals surface area contributed by atoms with Crippen molar-refractivity contribution in [2.24, 2.45) is 0 Å². The molecular weight excluding hydrogens is 166 g/mol. The Morgan fingerprint density at radius 2 is 2.00 bits per heavy atom. The van der Waals surface area contributed by atoms with Gasteiger partial charge in [-0.05, 0) is 0 Å². The highest BCUT2D eigenvalue weighted by atomic mass is 16.5. The van der Waals surface area contributed by atoms with Crippen LogP contribution in [0, 0.1) is 0 Å². The maximum Gasteiger partial charge on any atom is 0.219 e. The summed E-state index contributed by atoms with van der Waals surface area (Å²) in [5, 5.41) is 2.68. The van der Waals surface area contributed by atoms with E-state index in [1.165, 1.54) is 6.92 Å². The molecule has 13 heavy (non-hydrogen) atoms. The summed E-state index contributed by atoms with van der Waals surface area (Å²) in [6, 6.07) is 9.55. The number of methoxy groups -OCH3 is 1. The van der Waals surface area contributed by atoms with Crippen molar-refractivity contribution in [1.82, 2.24) is 5.32 Å². The van der Waals surface area contributed by atoms with Gasteiger partial charge in [0, 0.05) is 19.6 Å². The highest BCUT2D eigenvalue weighted by molar-refractivity contribution is 5.73. The number of nitrogens with one attached hydrogen (secondary N) is 1. The lowest BCUT2D eigenvalue weighted by Gasteiger charge is -2.15. The molecule has 1 N–H and O–H groups in total. The molecule has 0 radical (unpaired) electrons. The SMILES string of the molecule is COC(NC(C)=O)c1ccccc1. The summed E-state index contributed by atoms with van der Waals surface area (Å²) >= 11 is 0.